The van der Waals surface area contributed by atoms with E-state index in [1.165, 1.54) is 24.3 Å². The van der Waals surface area contributed by atoms with Crippen molar-refractivity contribution in [3.8, 4) is 0 Å². The number of nitrogens with one attached hydrogen (secondary N) is 1. The van der Waals surface area contributed by atoms with Crippen molar-refractivity contribution in [1.29, 1.82) is 0 Å². The van der Waals surface area contributed by atoms with Crippen LogP contribution in [-0.2, 0) is 6.54 Å². The highest BCUT2D eigenvalue weighted by Crippen LogP contribution is 2.27. The predicted molar refractivity (Wildman–Crippen MR) is 76.8 cm³/mol. The first kappa shape index (κ1) is 14.6. The van der Waals surface area contributed by atoms with E-state index in [2.05, 4.69) is 5.32 Å². The van der Waals surface area contributed by atoms with Gasteiger partial charge in [-0.3, -0.25) is 10.1 Å². The van der Waals surface area contributed by atoms with Crippen molar-refractivity contribution in [3.05, 3.63) is 67.9 Å². The van der Waals surface area contributed by atoms with E-state index >= 15 is 0 Å². The van der Waals surface area contributed by atoms with Crippen molar-refractivity contribution >= 4 is 34.6 Å². The molecule has 0 fully saturated rings. The van der Waals surface area contributed by atoms with Crippen LogP contribution in [0.25, 0.3) is 0 Å². The maximum absolute atomic E-state index is 13.2. The summed E-state index contributed by atoms with van der Waals surface area (Å²) in [5.74, 6) is -0.658. The number of nitro groups is 1. The minimum Gasteiger partial charge on any atom is -0.381 e. The highest BCUT2D eigenvalue weighted by Gasteiger charge is 2.08. The largest absolute Gasteiger partial charge is 0.381 e. The Hall–Kier alpha value is -1.85. The summed E-state index contributed by atoms with van der Waals surface area (Å²) in [5.41, 5.74) is 1.44. The highest BCUT2D eigenvalue weighted by molar-refractivity contribution is 6.35. The first-order valence-corrected chi connectivity index (χ1v) is 6.34. The molecule has 104 valence electrons. The van der Waals surface area contributed by atoms with Crippen LogP contribution in [0, 0.1) is 15.9 Å². The minimum absolute atomic E-state index is 0.0293. The second-order valence-electron chi connectivity index (χ2n) is 4.03. The summed E-state index contributed by atoms with van der Waals surface area (Å²) in [6.45, 7) is 0.413. The summed E-state index contributed by atoms with van der Waals surface area (Å²) >= 11 is 11.4. The SMILES string of the molecule is O=[N+]([O-])c1ccc(CNc2cc(Cl)c(F)c(Cl)c2)cc1. The standard InChI is InChI=1S/C13H9Cl2FN2O2/c14-11-5-9(6-12(15)13(11)16)17-7-8-1-3-10(4-2-8)18(19)20/h1-6,17H,7H2. The molecule has 2 rings (SSSR count). The van der Waals surface area contributed by atoms with Crippen LogP contribution in [0.4, 0.5) is 15.8 Å². The molecule has 0 saturated carbocycles. The third-order valence-corrected chi connectivity index (χ3v) is 3.18. The van der Waals surface area contributed by atoms with Crippen molar-refractivity contribution in [2.45, 2.75) is 6.54 Å². The van der Waals surface area contributed by atoms with Crippen LogP contribution < -0.4 is 5.32 Å². The van der Waals surface area contributed by atoms with Crippen LogP contribution in [0.15, 0.2) is 36.4 Å². The first-order valence-electron chi connectivity index (χ1n) is 5.59. The summed E-state index contributed by atoms with van der Waals surface area (Å²) < 4.78 is 13.2. The zero-order chi connectivity index (χ0) is 14.7. The molecule has 0 aromatic heterocycles. The molecule has 20 heavy (non-hydrogen) atoms. The molecule has 2 aromatic carbocycles. The van der Waals surface area contributed by atoms with Crippen molar-refractivity contribution < 1.29 is 9.31 Å². The van der Waals surface area contributed by atoms with Gasteiger partial charge in [0.25, 0.3) is 5.69 Å². The molecule has 0 atom stereocenters. The predicted octanol–water partition coefficient (Wildman–Crippen LogP) is 4.65. The van der Waals surface area contributed by atoms with Gasteiger partial charge in [-0.15, -0.1) is 0 Å². The van der Waals surface area contributed by atoms with Gasteiger partial charge in [0.15, 0.2) is 5.82 Å². The summed E-state index contributed by atoms with van der Waals surface area (Å²) in [6, 6.07) is 8.96. The first-order chi connectivity index (χ1) is 9.47. The maximum atomic E-state index is 13.2. The molecule has 0 amide bonds. The number of hydrogen-bond donors (Lipinski definition) is 1. The van der Waals surface area contributed by atoms with Gasteiger partial charge in [-0.25, -0.2) is 4.39 Å². The van der Waals surface area contributed by atoms with Gasteiger partial charge in [0, 0.05) is 24.4 Å². The monoisotopic (exact) mass is 314 g/mol. The average molecular weight is 315 g/mol. The molecule has 0 heterocycles. The number of halogens is 3. The van der Waals surface area contributed by atoms with E-state index in [1.807, 2.05) is 0 Å². The molecule has 0 saturated heterocycles. The lowest BCUT2D eigenvalue weighted by Crippen LogP contribution is -2.00. The Balaban J connectivity index is 2.07. The smallest absolute Gasteiger partial charge is 0.269 e. The van der Waals surface area contributed by atoms with Crippen LogP contribution in [0.5, 0.6) is 0 Å². The van der Waals surface area contributed by atoms with Gasteiger partial charge in [-0.2, -0.15) is 0 Å². The number of anilines is 1. The van der Waals surface area contributed by atoms with E-state index in [-0.39, 0.29) is 15.7 Å². The lowest BCUT2D eigenvalue weighted by atomic mass is 10.2. The Morgan fingerprint density at radius 2 is 1.70 bits per heavy atom. The van der Waals surface area contributed by atoms with Crippen LogP contribution in [0.1, 0.15) is 5.56 Å². The quantitative estimate of drug-likeness (QED) is 0.507. The molecule has 0 aliphatic carbocycles. The summed E-state index contributed by atoms with van der Waals surface area (Å²) in [5, 5.41) is 13.4. The second kappa shape index (κ2) is 6.07. The summed E-state index contributed by atoms with van der Waals surface area (Å²) in [4.78, 5) is 10.1. The van der Waals surface area contributed by atoms with E-state index < -0.39 is 10.7 Å². The fraction of sp³-hybridized carbons (Fsp3) is 0.0769. The molecule has 0 bridgehead atoms. The molecule has 0 aliphatic rings. The van der Waals surface area contributed by atoms with Gasteiger partial charge in [0.1, 0.15) is 0 Å². The van der Waals surface area contributed by atoms with E-state index in [0.29, 0.717) is 12.2 Å². The summed E-state index contributed by atoms with van der Waals surface area (Å²) in [7, 11) is 0. The van der Waals surface area contributed by atoms with Gasteiger partial charge in [-0.1, -0.05) is 35.3 Å². The normalized spacial score (nSPS) is 10.3. The molecular formula is C13H9Cl2FN2O2. The maximum Gasteiger partial charge on any atom is 0.269 e. The molecule has 4 nitrogen and oxygen atoms in total. The number of nitrogens with zero attached hydrogens (tertiary/aromatic N) is 1. The third-order valence-electron chi connectivity index (χ3n) is 2.63. The number of non-ortho nitro benzene ring substituents is 1. The van der Waals surface area contributed by atoms with E-state index in [9.17, 15) is 14.5 Å². The zero-order valence-electron chi connectivity index (χ0n) is 10.1. The Morgan fingerprint density at radius 1 is 1.15 bits per heavy atom. The highest BCUT2D eigenvalue weighted by atomic mass is 35.5. The van der Waals surface area contributed by atoms with Crippen molar-refractivity contribution in [1.82, 2.24) is 0 Å². The number of hydrogen-bond acceptors (Lipinski definition) is 3. The minimum atomic E-state index is -0.658. The fourth-order valence-electron chi connectivity index (χ4n) is 1.60. The average Bonchev–Trinajstić information content (AvgIpc) is 2.42. The fourth-order valence-corrected chi connectivity index (χ4v) is 2.08. The topological polar surface area (TPSA) is 55.2 Å². The van der Waals surface area contributed by atoms with Gasteiger partial charge < -0.3 is 5.32 Å². The Labute approximate surface area is 124 Å². The van der Waals surface area contributed by atoms with Gasteiger partial charge >= 0.3 is 0 Å². The van der Waals surface area contributed by atoms with Crippen molar-refractivity contribution in [2.75, 3.05) is 5.32 Å². The zero-order valence-corrected chi connectivity index (χ0v) is 11.6. The molecule has 1 N–H and O–H groups in total. The van der Waals surface area contributed by atoms with Crippen LogP contribution in [0.3, 0.4) is 0 Å². The molecule has 0 aliphatic heterocycles. The van der Waals surface area contributed by atoms with Gasteiger partial charge in [0.05, 0.1) is 15.0 Å². The van der Waals surface area contributed by atoms with Crippen LogP contribution >= 0.6 is 23.2 Å². The summed E-state index contributed by atoms with van der Waals surface area (Å²) in [6.07, 6.45) is 0. The molecule has 0 spiro atoms. The molecular weight excluding hydrogens is 306 g/mol. The Kier molecular flexibility index (Phi) is 4.42. The Morgan fingerprint density at radius 3 is 2.20 bits per heavy atom. The lowest BCUT2D eigenvalue weighted by Gasteiger charge is -2.08. The third kappa shape index (κ3) is 3.37. The number of nitro benzene ring substituents is 1. The van der Waals surface area contributed by atoms with E-state index in [0.717, 1.165) is 5.56 Å². The Bertz CT molecular complexity index is 624. The van der Waals surface area contributed by atoms with Gasteiger partial charge in [-0.05, 0) is 17.7 Å². The second-order valence-corrected chi connectivity index (χ2v) is 4.85. The molecule has 2 aromatic rings. The molecule has 7 heteroatoms. The van der Waals surface area contributed by atoms with E-state index in [1.54, 1.807) is 12.1 Å². The molecule has 0 unspecified atom stereocenters. The lowest BCUT2D eigenvalue weighted by molar-refractivity contribution is -0.384. The number of benzene rings is 2. The molecule has 0 radical (unpaired) electrons. The van der Waals surface area contributed by atoms with Crippen molar-refractivity contribution in [2.24, 2.45) is 0 Å². The number of rotatable bonds is 4. The van der Waals surface area contributed by atoms with Crippen LogP contribution in [-0.4, -0.2) is 4.92 Å². The van der Waals surface area contributed by atoms with Gasteiger partial charge in [0.2, 0.25) is 0 Å². The van der Waals surface area contributed by atoms with E-state index in [4.69, 9.17) is 23.2 Å². The van der Waals surface area contributed by atoms with Crippen molar-refractivity contribution in [3.63, 3.8) is 0 Å². The van der Waals surface area contributed by atoms with Crippen LogP contribution in [0.2, 0.25) is 10.0 Å².